The summed E-state index contributed by atoms with van der Waals surface area (Å²) in [5, 5.41) is 13.0. The normalized spacial score (nSPS) is 12.0. The molecule has 0 saturated carbocycles. The molecule has 0 fully saturated rings. The summed E-state index contributed by atoms with van der Waals surface area (Å²) in [6, 6.07) is 0. The topological polar surface area (TPSA) is 37.0 Å². The summed E-state index contributed by atoms with van der Waals surface area (Å²) in [5.41, 5.74) is 1.03. The Morgan fingerprint density at radius 3 is 1.44 bits per heavy atom. The van der Waals surface area contributed by atoms with Crippen LogP contribution in [0.25, 0.3) is 0 Å². The minimum atomic E-state index is 0.988. The number of unbranched alkanes of at least 4 members (excludes halogenated alkanes) is 9. The summed E-state index contributed by atoms with van der Waals surface area (Å²) in [5.74, 6) is 0. The SMILES string of the molecule is CCCCCCCCC(CCCCCCC)=[NH+][O-]. The van der Waals surface area contributed by atoms with E-state index in [0.29, 0.717) is 0 Å². The Hall–Kier alpha value is -0.530. The van der Waals surface area contributed by atoms with Gasteiger partial charge in [-0.1, -0.05) is 71.6 Å². The lowest BCUT2D eigenvalue weighted by Gasteiger charge is -2.03. The third-order valence-electron chi connectivity index (χ3n) is 3.56. The molecule has 0 aliphatic carbocycles. The van der Waals surface area contributed by atoms with Gasteiger partial charge in [-0.25, -0.2) is 5.16 Å². The van der Waals surface area contributed by atoms with Crippen LogP contribution in [0.2, 0.25) is 0 Å². The first-order valence-corrected chi connectivity index (χ1v) is 8.08. The van der Waals surface area contributed by atoms with Crippen LogP contribution >= 0.6 is 0 Å². The zero-order chi connectivity index (χ0) is 13.5. The lowest BCUT2D eigenvalue weighted by molar-refractivity contribution is -0.376. The van der Waals surface area contributed by atoms with Gasteiger partial charge in [0.25, 0.3) is 0 Å². The first-order chi connectivity index (χ1) is 8.85. The molecule has 0 heterocycles. The highest BCUT2D eigenvalue weighted by atomic mass is 16.4. The van der Waals surface area contributed by atoms with E-state index in [1.165, 1.54) is 70.6 Å². The highest BCUT2D eigenvalue weighted by molar-refractivity contribution is 5.78. The largest absolute Gasteiger partial charge is 0.625 e. The van der Waals surface area contributed by atoms with Gasteiger partial charge in [0, 0.05) is 12.8 Å². The summed E-state index contributed by atoms with van der Waals surface area (Å²) in [7, 11) is 0. The van der Waals surface area contributed by atoms with Gasteiger partial charge in [-0.3, -0.25) is 0 Å². The number of rotatable bonds is 13. The van der Waals surface area contributed by atoms with Crippen molar-refractivity contribution in [2.45, 2.75) is 97.3 Å². The standard InChI is InChI=1S/C16H33NO/c1-3-5-7-9-11-13-15-16(17-18)14-12-10-8-6-4-2/h17H,3-15H2,1-2H3. The van der Waals surface area contributed by atoms with Gasteiger partial charge >= 0.3 is 0 Å². The van der Waals surface area contributed by atoms with E-state index in [0.717, 1.165) is 18.6 Å². The zero-order valence-corrected chi connectivity index (χ0v) is 12.6. The van der Waals surface area contributed by atoms with Crippen LogP contribution in [0, 0.1) is 5.21 Å². The van der Waals surface area contributed by atoms with Crippen molar-refractivity contribution in [3.63, 3.8) is 0 Å². The van der Waals surface area contributed by atoms with Crippen LogP contribution in [0.3, 0.4) is 0 Å². The van der Waals surface area contributed by atoms with E-state index in [9.17, 15) is 5.21 Å². The van der Waals surface area contributed by atoms with Crippen LogP contribution < -0.4 is 5.16 Å². The minimum absolute atomic E-state index is 0.988. The lowest BCUT2D eigenvalue weighted by atomic mass is 10.0. The summed E-state index contributed by atoms with van der Waals surface area (Å²) in [6.07, 6.45) is 16.2. The molecular weight excluding hydrogens is 222 g/mol. The van der Waals surface area contributed by atoms with E-state index < -0.39 is 0 Å². The molecule has 0 aliphatic heterocycles. The van der Waals surface area contributed by atoms with Crippen LogP contribution in [-0.2, 0) is 0 Å². The van der Waals surface area contributed by atoms with Crippen LogP contribution in [0.4, 0.5) is 0 Å². The molecule has 0 atom stereocenters. The Balaban J connectivity index is 3.36. The summed E-state index contributed by atoms with van der Waals surface area (Å²) >= 11 is 0. The predicted octanol–water partition coefficient (Wildman–Crippen LogP) is 4.12. The molecule has 0 spiro atoms. The first-order valence-electron chi connectivity index (χ1n) is 8.08. The minimum Gasteiger partial charge on any atom is -0.625 e. The van der Waals surface area contributed by atoms with Gasteiger partial charge in [-0.05, 0) is 12.8 Å². The van der Waals surface area contributed by atoms with E-state index in [4.69, 9.17) is 0 Å². The van der Waals surface area contributed by atoms with Crippen molar-refractivity contribution in [2.75, 3.05) is 0 Å². The van der Waals surface area contributed by atoms with Crippen LogP contribution in [0.15, 0.2) is 0 Å². The number of nitrogens with one attached hydrogen (secondary N) is 1. The fourth-order valence-corrected chi connectivity index (χ4v) is 2.29. The second-order valence-corrected chi connectivity index (χ2v) is 5.39. The molecule has 0 aromatic heterocycles. The van der Waals surface area contributed by atoms with Gasteiger partial charge in [0.15, 0.2) is 5.71 Å². The molecule has 0 unspecified atom stereocenters. The van der Waals surface area contributed by atoms with Crippen LogP contribution in [0.1, 0.15) is 97.3 Å². The summed E-state index contributed by atoms with van der Waals surface area (Å²) in [6.45, 7) is 4.47. The molecule has 1 N–H and O–H groups in total. The molecule has 0 rings (SSSR count). The van der Waals surface area contributed by atoms with Crippen LogP contribution in [0.5, 0.6) is 0 Å². The summed E-state index contributed by atoms with van der Waals surface area (Å²) in [4.78, 5) is 0. The highest BCUT2D eigenvalue weighted by Crippen LogP contribution is 2.10. The van der Waals surface area contributed by atoms with Crippen molar-refractivity contribution >= 4 is 5.71 Å². The second-order valence-electron chi connectivity index (χ2n) is 5.39. The molecule has 0 bridgehead atoms. The maximum Gasteiger partial charge on any atom is 0.161 e. The fourth-order valence-electron chi connectivity index (χ4n) is 2.29. The van der Waals surface area contributed by atoms with Gasteiger partial charge in [0.2, 0.25) is 0 Å². The molecule has 0 aromatic rings. The Labute approximate surface area is 114 Å². The van der Waals surface area contributed by atoms with Crippen molar-refractivity contribution < 1.29 is 5.16 Å². The van der Waals surface area contributed by atoms with E-state index in [1.54, 1.807) is 0 Å². The molecule has 0 aromatic carbocycles. The molecular formula is C16H33NO. The third-order valence-corrected chi connectivity index (χ3v) is 3.56. The number of hydrogen-bond donors (Lipinski definition) is 1. The monoisotopic (exact) mass is 255 g/mol. The average Bonchev–Trinajstić information content (AvgIpc) is 2.40. The van der Waals surface area contributed by atoms with Gasteiger partial charge in [-0.15, -0.1) is 0 Å². The first kappa shape index (κ1) is 17.5. The van der Waals surface area contributed by atoms with Crippen molar-refractivity contribution in [3.05, 3.63) is 5.21 Å². The molecule has 108 valence electrons. The van der Waals surface area contributed by atoms with Crippen molar-refractivity contribution in [1.29, 1.82) is 0 Å². The Kier molecular flexibility index (Phi) is 14.1. The third kappa shape index (κ3) is 11.9. The molecule has 0 radical (unpaired) electrons. The molecule has 2 heteroatoms. The van der Waals surface area contributed by atoms with E-state index in [2.05, 4.69) is 19.0 Å². The van der Waals surface area contributed by atoms with Gasteiger partial charge in [0.1, 0.15) is 0 Å². The molecule has 2 nitrogen and oxygen atoms in total. The van der Waals surface area contributed by atoms with Crippen LogP contribution in [-0.4, -0.2) is 5.71 Å². The van der Waals surface area contributed by atoms with E-state index in [-0.39, 0.29) is 0 Å². The Bertz CT molecular complexity index is 190. The van der Waals surface area contributed by atoms with E-state index in [1.807, 2.05) is 0 Å². The average molecular weight is 255 g/mol. The molecule has 18 heavy (non-hydrogen) atoms. The smallest absolute Gasteiger partial charge is 0.161 e. The van der Waals surface area contributed by atoms with E-state index >= 15 is 0 Å². The lowest BCUT2D eigenvalue weighted by Crippen LogP contribution is -2.65. The molecule has 0 amide bonds. The highest BCUT2D eigenvalue weighted by Gasteiger charge is 2.04. The Morgan fingerprint density at radius 1 is 0.667 bits per heavy atom. The number of hydrogen-bond acceptors (Lipinski definition) is 1. The quantitative estimate of drug-likeness (QED) is 0.228. The summed E-state index contributed by atoms with van der Waals surface area (Å²) < 4.78 is 0. The van der Waals surface area contributed by atoms with Crippen molar-refractivity contribution in [3.8, 4) is 0 Å². The maximum absolute atomic E-state index is 10.8. The van der Waals surface area contributed by atoms with Crippen molar-refractivity contribution in [1.82, 2.24) is 0 Å². The molecule has 0 saturated heterocycles. The van der Waals surface area contributed by atoms with Crippen molar-refractivity contribution in [2.24, 2.45) is 0 Å². The maximum atomic E-state index is 10.8. The van der Waals surface area contributed by atoms with Gasteiger partial charge < -0.3 is 5.21 Å². The van der Waals surface area contributed by atoms with Gasteiger partial charge in [0.05, 0.1) is 0 Å². The predicted molar refractivity (Wildman–Crippen MR) is 80.7 cm³/mol. The second kappa shape index (κ2) is 14.5. The molecule has 0 aliphatic rings. The fraction of sp³-hybridized carbons (Fsp3) is 0.938. The zero-order valence-electron chi connectivity index (χ0n) is 12.6. The van der Waals surface area contributed by atoms with Gasteiger partial charge in [-0.2, -0.15) is 0 Å². The Morgan fingerprint density at radius 2 is 1.06 bits per heavy atom.